The fourth-order valence-electron chi connectivity index (χ4n) is 1.61. The summed E-state index contributed by atoms with van der Waals surface area (Å²) in [6, 6.07) is 5.47. The topological polar surface area (TPSA) is 85.8 Å². The fourth-order valence-corrected chi connectivity index (χ4v) is 1.61. The molecule has 0 aliphatic rings. The van der Waals surface area contributed by atoms with Crippen molar-refractivity contribution in [1.29, 1.82) is 0 Å². The summed E-state index contributed by atoms with van der Waals surface area (Å²) in [7, 11) is 0. The summed E-state index contributed by atoms with van der Waals surface area (Å²) in [6.07, 6.45) is 4.83. The summed E-state index contributed by atoms with van der Waals surface area (Å²) in [5.41, 5.74) is 6.89. The van der Waals surface area contributed by atoms with Crippen LogP contribution in [0.2, 0.25) is 0 Å². The lowest BCUT2D eigenvalue weighted by Crippen LogP contribution is -2.30. The van der Waals surface area contributed by atoms with E-state index in [1.807, 2.05) is 25.1 Å². The number of pyridine rings is 1. The van der Waals surface area contributed by atoms with E-state index in [0.29, 0.717) is 5.69 Å². The van der Waals surface area contributed by atoms with Crippen molar-refractivity contribution in [2.24, 2.45) is 0 Å². The molecule has 0 bridgehead atoms. The molecular formula is C12H15N5O. The molecule has 94 valence electrons. The first kappa shape index (κ1) is 12.1. The molecule has 2 heterocycles. The SMILES string of the molecule is CC(NC(=O)Cn1cc(N)cn1)c1ccccn1. The van der Waals surface area contributed by atoms with Gasteiger partial charge in [-0.2, -0.15) is 5.10 Å². The van der Waals surface area contributed by atoms with Crippen molar-refractivity contribution in [2.45, 2.75) is 19.5 Å². The van der Waals surface area contributed by atoms with E-state index in [1.54, 1.807) is 12.4 Å². The third-order valence-corrected chi connectivity index (χ3v) is 2.47. The number of nitrogen functional groups attached to an aromatic ring is 1. The molecule has 0 aromatic carbocycles. The normalized spacial score (nSPS) is 12.1. The highest BCUT2D eigenvalue weighted by atomic mass is 16.2. The number of nitrogens with one attached hydrogen (secondary N) is 1. The Balaban J connectivity index is 1.92. The highest BCUT2D eigenvalue weighted by molar-refractivity contribution is 5.76. The molecule has 18 heavy (non-hydrogen) atoms. The minimum Gasteiger partial charge on any atom is -0.396 e. The van der Waals surface area contributed by atoms with Gasteiger partial charge in [0, 0.05) is 12.4 Å². The van der Waals surface area contributed by atoms with Gasteiger partial charge in [-0.3, -0.25) is 14.5 Å². The zero-order chi connectivity index (χ0) is 13.0. The number of aromatic nitrogens is 3. The Labute approximate surface area is 105 Å². The highest BCUT2D eigenvalue weighted by Crippen LogP contribution is 2.07. The van der Waals surface area contributed by atoms with E-state index in [1.165, 1.54) is 10.9 Å². The van der Waals surface area contributed by atoms with E-state index in [9.17, 15) is 4.79 Å². The number of amides is 1. The van der Waals surface area contributed by atoms with Gasteiger partial charge in [-0.15, -0.1) is 0 Å². The predicted molar refractivity (Wildman–Crippen MR) is 67.4 cm³/mol. The minimum atomic E-state index is -0.133. The number of anilines is 1. The Hall–Kier alpha value is -2.37. The smallest absolute Gasteiger partial charge is 0.242 e. The van der Waals surface area contributed by atoms with Crippen LogP contribution in [-0.2, 0) is 11.3 Å². The van der Waals surface area contributed by atoms with Crippen molar-refractivity contribution in [2.75, 3.05) is 5.73 Å². The Morgan fingerprint density at radius 1 is 1.56 bits per heavy atom. The van der Waals surface area contributed by atoms with Gasteiger partial charge < -0.3 is 11.1 Å². The minimum absolute atomic E-state index is 0.128. The average Bonchev–Trinajstić information content (AvgIpc) is 2.75. The fraction of sp³-hybridized carbons (Fsp3) is 0.250. The van der Waals surface area contributed by atoms with Crippen LogP contribution >= 0.6 is 0 Å². The van der Waals surface area contributed by atoms with Gasteiger partial charge in [-0.05, 0) is 19.1 Å². The maximum atomic E-state index is 11.8. The van der Waals surface area contributed by atoms with Crippen molar-refractivity contribution in [1.82, 2.24) is 20.1 Å². The van der Waals surface area contributed by atoms with Gasteiger partial charge in [-0.1, -0.05) is 6.07 Å². The third-order valence-electron chi connectivity index (χ3n) is 2.47. The molecule has 1 unspecified atom stereocenters. The van der Waals surface area contributed by atoms with Crippen LogP contribution in [0, 0.1) is 0 Å². The molecule has 2 aromatic rings. The number of nitrogens with zero attached hydrogens (tertiary/aromatic N) is 3. The zero-order valence-electron chi connectivity index (χ0n) is 10.1. The van der Waals surface area contributed by atoms with Gasteiger partial charge in [-0.25, -0.2) is 0 Å². The van der Waals surface area contributed by atoms with Crippen LogP contribution in [-0.4, -0.2) is 20.7 Å². The van der Waals surface area contributed by atoms with E-state index in [4.69, 9.17) is 5.73 Å². The highest BCUT2D eigenvalue weighted by Gasteiger charge is 2.10. The van der Waals surface area contributed by atoms with E-state index < -0.39 is 0 Å². The van der Waals surface area contributed by atoms with Crippen LogP contribution in [0.4, 0.5) is 5.69 Å². The van der Waals surface area contributed by atoms with Crippen molar-refractivity contribution in [3.05, 3.63) is 42.5 Å². The van der Waals surface area contributed by atoms with Gasteiger partial charge in [0.1, 0.15) is 6.54 Å². The average molecular weight is 245 g/mol. The van der Waals surface area contributed by atoms with Crippen LogP contribution in [0.25, 0.3) is 0 Å². The second kappa shape index (κ2) is 5.31. The molecule has 0 radical (unpaired) electrons. The van der Waals surface area contributed by atoms with E-state index >= 15 is 0 Å². The summed E-state index contributed by atoms with van der Waals surface area (Å²) in [5, 5.41) is 6.80. The molecule has 2 rings (SSSR count). The molecule has 6 nitrogen and oxygen atoms in total. The van der Waals surface area contributed by atoms with Crippen LogP contribution in [0.1, 0.15) is 18.7 Å². The van der Waals surface area contributed by atoms with E-state index in [0.717, 1.165) is 5.69 Å². The Morgan fingerprint density at radius 3 is 3.00 bits per heavy atom. The van der Waals surface area contributed by atoms with Gasteiger partial charge in [0.2, 0.25) is 5.91 Å². The largest absolute Gasteiger partial charge is 0.396 e. The first-order valence-corrected chi connectivity index (χ1v) is 5.63. The molecule has 0 fully saturated rings. The van der Waals surface area contributed by atoms with Crippen molar-refractivity contribution >= 4 is 11.6 Å². The Morgan fingerprint density at radius 2 is 2.39 bits per heavy atom. The Bertz CT molecular complexity index is 522. The summed E-state index contributed by atoms with van der Waals surface area (Å²) >= 11 is 0. The molecule has 1 atom stereocenters. The van der Waals surface area contributed by atoms with Crippen molar-refractivity contribution in [3.63, 3.8) is 0 Å². The second-order valence-corrected chi connectivity index (χ2v) is 4.02. The lowest BCUT2D eigenvalue weighted by Gasteiger charge is -2.13. The number of rotatable bonds is 4. The zero-order valence-corrected chi connectivity index (χ0v) is 10.1. The molecule has 0 aliphatic heterocycles. The molecular weight excluding hydrogens is 230 g/mol. The molecule has 0 aliphatic carbocycles. The summed E-state index contributed by atoms with van der Waals surface area (Å²) in [5.74, 6) is -0.128. The maximum Gasteiger partial charge on any atom is 0.242 e. The first-order chi connectivity index (χ1) is 8.65. The molecule has 0 spiro atoms. The Kier molecular flexibility index (Phi) is 3.57. The van der Waals surface area contributed by atoms with Crippen LogP contribution in [0.3, 0.4) is 0 Å². The van der Waals surface area contributed by atoms with Gasteiger partial charge in [0.15, 0.2) is 0 Å². The molecule has 0 saturated carbocycles. The molecule has 0 saturated heterocycles. The van der Waals surface area contributed by atoms with Crippen LogP contribution < -0.4 is 11.1 Å². The number of nitrogens with two attached hydrogens (primary N) is 1. The molecule has 1 amide bonds. The summed E-state index contributed by atoms with van der Waals surface area (Å²) in [4.78, 5) is 16.0. The monoisotopic (exact) mass is 245 g/mol. The maximum absolute atomic E-state index is 11.8. The van der Waals surface area contributed by atoms with Gasteiger partial charge >= 0.3 is 0 Å². The van der Waals surface area contributed by atoms with Crippen LogP contribution in [0.5, 0.6) is 0 Å². The number of hydrogen-bond acceptors (Lipinski definition) is 4. The molecule has 3 N–H and O–H groups in total. The van der Waals surface area contributed by atoms with Gasteiger partial charge in [0.25, 0.3) is 0 Å². The van der Waals surface area contributed by atoms with Gasteiger partial charge in [0.05, 0.1) is 23.6 Å². The molecule has 2 aromatic heterocycles. The van der Waals surface area contributed by atoms with E-state index in [-0.39, 0.29) is 18.5 Å². The predicted octanol–water partition coefficient (Wildman–Crippen LogP) is 0.738. The summed E-state index contributed by atoms with van der Waals surface area (Å²) < 4.78 is 1.50. The lowest BCUT2D eigenvalue weighted by atomic mass is 10.2. The molecule has 6 heteroatoms. The quantitative estimate of drug-likeness (QED) is 0.831. The number of carbonyl (C=O) groups is 1. The van der Waals surface area contributed by atoms with E-state index in [2.05, 4.69) is 15.4 Å². The number of hydrogen-bond donors (Lipinski definition) is 2. The van der Waals surface area contributed by atoms with Crippen LogP contribution in [0.15, 0.2) is 36.8 Å². The lowest BCUT2D eigenvalue weighted by molar-refractivity contribution is -0.122. The third kappa shape index (κ3) is 3.07. The number of carbonyl (C=O) groups excluding carboxylic acids is 1. The standard InChI is InChI=1S/C12H15N5O/c1-9(11-4-2-3-5-14-11)16-12(18)8-17-7-10(13)6-15-17/h2-7,9H,8,13H2,1H3,(H,16,18). The first-order valence-electron chi connectivity index (χ1n) is 5.63. The van der Waals surface area contributed by atoms with Crippen molar-refractivity contribution < 1.29 is 4.79 Å². The second-order valence-electron chi connectivity index (χ2n) is 4.02. The summed E-state index contributed by atoms with van der Waals surface area (Å²) in [6.45, 7) is 2.03. The van der Waals surface area contributed by atoms with Crippen molar-refractivity contribution in [3.8, 4) is 0 Å².